The van der Waals surface area contributed by atoms with Crippen LogP contribution in [-0.4, -0.2) is 54.0 Å². The molecule has 25 heavy (non-hydrogen) atoms. The van der Waals surface area contributed by atoms with Gasteiger partial charge < -0.3 is 10.1 Å². The van der Waals surface area contributed by atoms with Crippen LogP contribution in [0.4, 0.5) is 11.4 Å². The Labute approximate surface area is 148 Å². The summed E-state index contributed by atoms with van der Waals surface area (Å²) in [7, 11) is 0. The van der Waals surface area contributed by atoms with Gasteiger partial charge in [-0.15, -0.1) is 0 Å². The van der Waals surface area contributed by atoms with Crippen LogP contribution in [-0.2, 0) is 4.74 Å². The summed E-state index contributed by atoms with van der Waals surface area (Å²) in [6, 6.07) is 4.59. The molecule has 1 heterocycles. The van der Waals surface area contributed by atoms with Crippen LogP contribution in [0.1, 0.15) is 44.0 Å². The fourth-order valence-corrected chi connectivity index (χ4v) is 3.25. The molecule has 0 aromatic heterocycles. The summed E-state index contributed by atoms with van der Waals surface area (Å²) < 4.78 is 5.73. The van der Waals surface area contributed by atoms with Gasteiger partial charge in [-0.2, -0.15) is 0 Å². The lowest BCUT2D eigenvalue weighted by molar-refractivity contribution is -0.385. The second-order valence-corrected chi connectivity index (χ2v) is 6.70. The minimum Gasteiger partial charge on any atom is -0.385 e. The molecule has 0 aliphatic carbocycles. The van der Waals surface area contributed by atoms with Crippen molar-refractivity contribution in [1.29, 1.82) is 0 Å². The Bertz CT molecular complexity index is 610. The van der Waals surface area contributed by atoms with E-state index in [1.54, 1.807) is 12.1 Å². The number of carbonyl (C=O) groups excluding carboxylic acids is 1. The van der Waals surface area contributed by atoms with Crippen LogP contribution in [0, 0.1) is 10.1 Å². The van der Waals surface area contributed by atoms with Crippen LogP contribution in [0.3, 0.4) is 0 Å². The van der Waals surface area contributed by atoms with Crippen LogP contribution >= 0.6 is 0 Å². The molecule has 1 N–H and O–H groups in total. The summed E-state index contributed by atoms with van der Waals surface area (Å²) in [4.78, 5) is 24.4. The number of ketones is 1. The minimum atomic E-state index is -0.523. The zero-order chi connectivity index (χ0) is 18.4. The lowest BCUT2D eigenvalue weighted by atomic mass is 10.1. The number of nitro benzene ring substituents is 1. The zero-order valence-electron chi connectivity index (χ0n) is 15.2. The van der Waals surface area contributed by atoms with E-state index in [4.69, 9.17) is 4.74 Å². The molecule has 0 amide bonds. The highest BCUT2D eigenvalue weighted by Crippen LogP contribution is 2.23. The number of hydrogen-bond donors (Lipinski definition) is 1. The first kappa shape index (κ1) is 19.3. The Morgan fingerprint density at radius 3 is 2.60 bits per heavy atom. The van der Waals surface area contributed by atoms with E-state index in [9.17, 15) is 14.9 Å². The summed E-state index contributed by atoms with van der Waals surface area (Å²) in [6.45, 7) is 9.31. The SMILES string of the molecule is CC(=O)c1cc(NCCCCN2C[C@H](C)O[C@@H](C)C2)ccc1[N+](=O)[O-]. The van der Waals surface area contributed by atoms with Crippen molar-refractivity contribution in [1.82, 2.24) is 4.90 Å². The molecule has 2 atom stereocenters. The van der Waals surface area contributed by atoms with E-state index in [1.807, 2.05) is 0 Å². The summed E-state index contributed by atoms with van der Waals surface area (Å²) in [5.41, 5.74) is 0.740. The summed E-state index contributed by atoms with van der Waals surface area (Å²) in [5.74, 6) is -0.300. The van der Waals surface area contributed by atoms with Crippen LogP contribution < -0.4 is 5.32 Å². The molecule has 1 aromatic rings. The molecule has 0 saturated carbocycles. The van der Waals surface area contributed by atoms with Crippen LogP contribution in [0.2, 0.25) is 0 Å². The van der Waals surface area contributed by atoms with Crippen LogP contribution in [0.15, 0.2) is 18.2 Å². The molecule has 0 radical (unpaired) electrons. The fourth-order valence-electron chi connectivity index (χ4n) is 3.25. The fraction of sp³-hybridized carbons (Fsp3) is 0.611. The molecule has 1 aliphatic rings. The van der Waals surface area contributed by atoms with E-state index in [2.05, 4.69) is 24.1 Å². The molecule has 7 heteroatoms. The standard InChI is InChI=1S/C18H27N3O4/c1-13-11-20(12-14(2)25-13)9-5-4-8-19-16-6-7-18(21(23)24)17(10-16)15(3)22/h6-7,10,13-14,19H,4-5,8-9,11-12H2,1-3H3/t13-,14-/m0/s1. The average molecular weight is 349 g/mol. The number of Topliss-reactive ketones (excluding diaryl/α,β-unsaturated/α-hetero) is 1. The van der Waals surface area contributed by atoms with Crippen LogP contribution in [0.5, 0.6) is 0 Å². The zero-order valence-corrected chi connectivity index (χ0v) is 15.2. The first-order chi connectivity index (χ1) is 11.9. The van der Waals surface area contributed by atoms with E-state index in [0.717, 1.165) is 44.7 Å². The Morgan fingerprint density at radius 1 is 1.32 bits per heavy atom. The third-order valence-corrected chi connectivity index (χ3v) is 4.30. The number of anilines is 1. The average Bonchev–Trinajstić information content (AvgIpc) is 2.53. The number of benzene rings is 1. The summed E-state index contributed by atoms with van der Waals surface area (Å²) in [6.07, 6.45) is 2.63. The number of carbonyl (C=O) groups is 1. The molecule has 0 bridgehead atoms. The van der Waals surface area contributed by atoms with Crippen molar-refractivity contribution in [2.45, 2.75) is 45.8 Å². The maximum absolute atomic E-state index is 11.6. The minimum absolute atomic E-state index is 0.145. The van der Waals surface area contributed by atoms with E-state index in [1.165, 1.54) is 13.0 Å². The smallest absolute Gasteiger partial charge is 0.280 e. The molecular formula is C18H27N3O4. The lowest BCUT2D eigenvalue weighted by Crippen LogP contribution is -2.45. The van der Waals surface area contributed by atoms with E-state index >= 15 is 0 Å². The van der Waals surface area contributed by atoms with Gasteiger partial charge in [-0.25, -0.2) is 0 Å². The van der Waals surface area contributed by atoms with Crippen molar-refractivity contribution >= 4 is 17.2 Å². The predicted octanol–water partition coefficient (Wildman–Crippen LogP) is 3.10. The normalized spacial score (nSPS) is 21.1. The van der Waals surface area contributed by atoms with Crippen molar-refractivity contribution in [3.05, 3.63) is 33.9 Å². The maximum atomic E-state index is 11.6. The van der Waals surface area contributed by atoms with Gasteiger partial charge in [-0.05, 0) is 52.3 Å². The first-order valence-corrected chi connectivity index (χ1v) is 8.78. The largest absolute Gasteiger partial charge is 0.385 e. The molecule has 7 nitrogen and oxygen atoms in total. The van der Waals surface area contributed by atoms with Crippen molar-refractivity contribution in [3.8, 4) is 0 Å². The number of unbranched alkanes of at least 4 members (excludes halogenated alkanes) is 1. The number of morpholine rings is 1. The van der Waals surface area contributed by atoms with Gasteiger partial charge in [0.15, 0.2) is 5.78 Å². The highest BCUT2D eigenvalue weighted by Gasteiger charge is 2.21. The predicted molar refractivity (Wildman–Crippen MR) is 97.3 cm³/mol. The molecule has 1 aromatic carbocycles. The Hall–Kier alpha value is -1.99. The maximum Gasteiger partial charge on any atom is 0.280 e. The number of nitrogens with zero attached hydrogens (tertiary/aromatic N) is 2. The third kappa shape index (κ3) is 5.79. The number of rotatable bonds is 8. The Kier molecular flexibility index (Phi) is 6.90. The highest BCUT2D eigenvalue weighted by atomic mass is 16.6. The second kappa shape index (κ2) is 8.92. The van der Waals surface area contributed by atoms with Gasteiger partial charge in [0.1, 0.15) is 0 Å². The van der Waals surface area contributed by atoms with Gasteiger partial charge in [0.05, 0.1) is 22.7 Å². The van der Waals surface area contributed by atoms with Crippen LogP contribution in [0.25, 0.3) is 0 Å². The third-order valence-electron chi connectivity index (χ3n) is 4.30. The van der Waals surface area contributed by atoms with E-state index in [-0.39, 0.29) is 29.2 Å². The second-order valence-electron chi connectivity index (χ2n) is 6.70. The first-order valence-electron chi connectivity index (χ1n) is 8.78. The Morgan fingerprint density at radius 2 is 2.00 bits per heavy atom. The molecule has 2 rings (SSSR count). The quantitative estimate of drug-likeness (QED) is 0.336. The van der Waals surface area contributed by atoms with E-state index in [0.29, 0.717) is 0 Å². The lowest BCUT2D eigenvalue weighted by Gasteiger charge is -2.35. The number of ether oxygens (including phenoxy) is 1. The van der Waals surface area contributed by atoms with Gasteiger partial charge in [0.25, 0.3) is 5.69 Å². The molecule has 0 unspecified atom stereocenters. The molecule has 0 spiro atoms. The summed E-state index contributed by atoms with van der Waals surface area (Å²) in [5, 5.41) is 14.2. The van der Waals surface area contributed by atoms with Gasteiger partial charge in [0, 0.05) is 31.4 Å². The van der Waals surface area contributed by atoms with Gasteiger partial charge in [0.2, 0.25) is 0 Å². The monoisotopic (exact) mass is 349 g/mol. The van der Waals surface area contributed by atoms with Gasteiger partial charge in [-0.1, -0.05) is 0 Å². The molecule has 138 valence electrons. The van der Waals surface area contributed by atoms with Crippen molar-refractivity contribution in [3.63, 3.8) is 0 Å². The van der Waals surface area contributed by atoms with Gasteiger partial charge in [-0.3, -0.25) is 19.8 Å². The van der Waals surface area contributed by atoms with E-state index < -0.39 is 4.92 Å². The van der Waals surface area contributed by atoms with Crippen molar-refractivity contribution in [2.75, 3.05) is 31.5 Å². The summed E-state index contributed by atoms with van der Waals surface area (Å²) >= 11 is 0. The van der Waals surface area contributed by atoms with Crippen molar-refractivity contribution in [2.24, 2.45) is 0 Å². The molecule has 1 fully saturated rings. The van der Waals surface area contributed by atoms with Gasteiger partial charge >= 0.3 is 0 Å². The van der Waals surface area contributed by atoms with Crippen molar-refractivity contribution < 1.29 is 14.5 Å². The number of nitro groups is 1. The molecule has 1 saturated heterocycles. The topological polar surface area (TPSA) is 84.7 Å². The molecule has 1 aliphatic heterocycles. The highest BCUT2D eigenvalue weighted by molar-refractivity contribution is 5.99. The Balaban J connectivity index is 1.77. The number of hydrogen-bond acceptors (Lipinski definition) is 6. The number of nitrogens with one attached hydrogen (secondary N) is 1. The molecular weight excluding hydrogens is 322 g/mol.